The van der Waals surface area contributed by atoms with E-state index in [0.29, 0.717) is 23.2 Å². The van der Waals surface area contributed by atoms with Crippen LogP contribution >= 0.6 is 0 Å². The Morgan fingerprint density at radius 1 is 1.10 bits per heavy atom. The second-order valence-electron chi connectivity index (χ2n) is 4.21. The Bertz CT molecular complexity index is 641. The number of nitrogen functional groups attached to an aromatic ring is 2. The van der Waals surface area contributed by atoms with Gasteiger partial charge in [0.05, 0.1) is 5.69 Å². The molecule has 0 aliphatic rings. The van der Waals surface area contributed by atoms with Crippen molar-refractivity contribution >= 4 is 11.8 Å². The summed E-state index contributed by atoms with van der Waals surface area (Å²) in [6, 6.07) is 5.34. The first-order valence-electron chi connectivity index (χ1n) is 6.08. The van der Waals surface area contributed by atoms with Gasteiger partial charge in [0.15, 0.2) is 0 Å². The van der Waals surface area contributed by atoms with E-state index in [2.05, 4.69) is 14.7 Å². The van der Waals surface area contributed by atoms with Crippen molar-refractivity contribution in [2.75, 3.05) is 11.5 Å². The number of hydrogen-bond donors (Lipinski definition) is 2. The molecule has 0 amide bonds. The SMILES string of the molecule is CCc1nc(N)nc(N)c1-c1ccc(OC(F)(F)F)cc1. The minimum absolute atomic E-state index is 0.0603. The highest BCUT2D eigenvalue weighted by molar-refractivity contribution is 5.77. The predicted octanol–water partition coefficient (Wildman–Crippen LogP) is 2.77. The van der Waals surface area contributed by atoms with E-state index in [1.807, 2.05) is 6.92 Å². The Kier molecular flexibility index (Phi) is 3.88. The molecule has 1 heterocycles. The average Bonchev–Trinajstić information content (AvgIpc) is 2.37. The van der Waals surface area contributed by atoms with Crippen molar-refractivity contribution in [1.82, 2.24) is 9.97 Å². The summed E-state index contributed by atoms with van der Waals surface area (Å²) in [7, 11) is 0. The summed E-state index contributed by atoms with van der Waals surface area (Å²) in [4.78, 5) is 7.96. The zero-order chi connectivity index (χ0) is 15.6. The summed E-state index contributed by atoms with van der Waals surface area (Å²) in [5.41, 5.74) is 13.1. The molecule has 21 heavy (non-hydrogen) atoms. The van der Waals surface area contributed by atoms with Gasteiger partial charge in [-0.1, -0.05) is 19.1 Å². The minimum atomic E-state index is -4.72. The zero-order valence-corrected chi connectivity index (χ0v) is 11.1. The van der Waals surface area contributed by atoms with Crippen LogP contribution < -0.4 is 16.2 Å². The summed E-state index contributed by atoms with van der Waals surface area (Å²) in [5, 5.41) is 0. The molecule has 0 aliphatic carbocycles. The highest BCUT2D eigenvalue weighted by atomic mass is 19.4. The maximum Gasteiger partial charge on any atom is 0.573 e. The van der Waals surface area contributed by atoms with Gasteiger partial charge in [-0.2, -0.15) is 4.98 Å². The normalized spacial score (nSPS) is 11.4. The van der Waals surface area contributed by atoms with Crippen molar-refractivity contribution in [3.05, 3.63) is 30.0 Å². The molecule has 5 nitrogen and oxygen atoms in total. The van der Waals surface area contributed by atoms with Gasteiger partial charge in [-0.05, 0) is 24.1 Å². The molecule has 0 bridgehead atoms. The first-order chi connectivity index (χ1) is 9.80. The van der Waals surface area contributed by atoms with Crippen LogP contribution in [0.4, 0.5) is 24.9 Å². The Morgan fingerprint density at radius 2 is 1.71 bits per heavy atom. The van der Waals surface area contributed by atoms with Crippen LogP contribution in [0.3, 0.4) is 0 Å². The molecule has 0 unspecified atom stereocenters. The lowest BCUT2D eigenvalue weighted by atomic mass is 10.0. The monoisotopic (exact) mass is 298 g/mol. The minimum Gasteiger partial charge on any atom is -0.406 e. The van der Waals surface area contributed by atoms with Gasteiger partial charge >= 0.3 is 6.36 Å². The van der Waals surface area contributed by atoms with Gasteiger partial charge in [-0.3, -0.25) is 0 Å². The van der Waals surface area contributed by atoms with Crippen LogP contribution in [0.1, 0.15) is 12.6 Å². The number of aryl methyl sites for hydroxylation is 1. The fraction of sp³-hybridized carbons (Fsp3) is 0.231. The number of aromatic nitrogens is 2. The molecule has 2 aromatic rings. The number of rotatable bonds is 3. The Morgan fingerprint density at radius 3 is 2.24 bits per heavy atom. The maximum atomic E-state index is 12.1. The largest absolute Gasteiger partial charge is 0.573 e. The summed E-state index contributed by atoms with van der Waals surface area (Å²) in [6.07, 6.45) is -4.16. The number of benzene rings is 1. The number of nitrogens with two attached hydrogens (primary N) is 2. The summed E-state index contributed by atoms with van der Waals surface area (Å²) in [6.45, 7) is 1.87. The van der Waals surface area contributed by atoms with Crippen molar-refractivity contribution < 1.29 is 17.9 Å². The summed E-state index contributed by atoms with van der Waals surface area (Å²) >= 11 is 0. The number of anilines is 2. The maximum absolute atomic E-state index is 12.1. The fourth-order valence-electron chi connectivity index (χ4n) is 1.94. The van der Waals surface area contributed by atoms with Gasteiger partial charge in [0.2, 0.25) is 5.95 Å². The molecule has 0 atom stereocenters. The van der Waals surface area contributed by atoms with Gasteiger partial charge in [-0.25, -0.2) is 4.98 Å². The lowest BCUT2D eigenvalue weighted by molar-refractivity contribution is -0.274. The highest BCUT2D eigenvalue weighted by Crippen LogP contribution is 2.31. The molecule has 8 heteroatoms. The van der Waals surface area contributed by atoms with Crippen LogP contribution in [0.25, 0.3) is 11.1 Å². The number of hydrogen-bond acceptors (Lipinski definition) is 5. The lowest BCUT2D eigenvalue weighted by Gasteiger charge is -2.12. The van der Waals surface area contributed by atoms with Gasteiger partial charge in [0.1, 0.15) is 11.6 Å². The van der Waals surface area contributed by atoms with Crippen molar-refractivity contribution in [1.29, 1.82) is 0 Å². The Labute approximate surface area is 118 Å². The van der Waals surface area contributed by atoms with Gasteiger partial charge < -0.3 is 16.2 Å². The number of ether oxygens (including phenoxy) is 1. The highest BCUT2D eigenvalue weighted by Gasteiger charge is 2.31. The van der Waals surface area contributed by atoms with E-state index in [1.54, 1.807) is 0 Å². The van der Waals surface area contributed by atoms with Gasteiger partial charge in [-0.15, -0.1) is 13.2 Å². The summed E-state index contributed by atoms with van der Waals surface area (Å²) in [5.74, 6) is -0.0619. The van der Waals surface area contributed by atoms with Crippen LogP contribution in [0.15, 0.2) is 24.3 Å². The van der Waals surface area contributed by atoms with Crippen LogP contribution in [-0.2, 0) is 6.42 Å². The standard InChI is InChI=1S/C13H13F3N4O/c1-2-9-10(11(17)20-12(18)19-9)7-3-5-8(6-4-7)21-13(14,15)16/h3-6H,2H2,1H3,(H4,17,18,19,20). The van der Waals surface area contributed by atoms with Crippen LogP contribution in [-0.4, -0.2) is 16.3 Å². The molecule has 0 aliphatic heterocycles. The van der Waals surface area contributed by atoms with E-state index in [9.17, 15) is 13.2 Å². The molecule has 0 fully saturated rings. The lowest BCUT2D eigenvalue weighted by Crippen LogP contribution is -2.17. The van der Waals surface area contributed by atoms with Crippen LogP contribution in [0.5, 0.6) is 5.75 Å². The molecule has 1 aromatic carbocycles. The molecule has 2 rings (SSSR count). The summed E-state index contributed by atoms with van der Waals surface area (Å²) < 4.78 is 40.2. The third-order valence-corrected chi connectivity index (χ3v) is 2.74. The molecule has 0 saturated heterocycles. The Balaban J connectivity index is 2.39. The first kappa shape index (κ1) is 14.9. The average molecular weight is 298 g/mol. The fourth-order valence-corrected chi connectivity index (χ4v) is 1.94. The van der Waals surface area contributed by atoms with E-state index in [0.717, 1.165) is 0 Å². The zero-order valence-electron chi connectivity index (χ0n) is 11.1. The molecule has 112 valence electrons. The van der Waals surface area contributed by atoms with Crippen LogP contribution in [0, 0.1) is 0 Å². The topological polar surface area (TPSA) is 87.0 Å². The second-order valence-corrected chi connectivity index (χ2v) is 4.21. The molecule has 1 aromatic heterocycles. The van der Waals surface area contributed by atoms with Crippen molar-refractivity contribution in [2.24, 2.45) is 0 Å². The number of halogens is 3. The molecular weight excluding hydrogens is 285 g/mol. The smallest absolute Gasteiger partial charge is 0.406 e. The molecule has 0 saturated carbocycles. The first-order valence-corrected chi connectivity index (χ1v) is 6.08. The third-order valence-electron chi connectivity index (χ3n) is 2.74. The van der Waals surface area contributed by atoms with E-state index in [4.69, 9.17) is 11.5 Å². The number of alkyl halides is 3. The third kappa shape index (κ3) is 3.53. The Hall–Kier alpha value is -2.51. The van der Waals surface area contributed by atoms with Gasteiger partial charge in [0, 0.05) is 5.56 Å². The van der Waals surface area contributed by atoms with Crippen molar-refractivity contribution in [2.45, 2.75) is 19.7 Å². The predicted molar refractivity (Wildman–Crippen MR) is 72.4 cm³/mol. The van der Waals surface area contributed by atoms with Crippen LogP contribution in [0.2, 0.25) is 0 Å². The molecule has 4 N–H and O–H groups in total. The van der Waals surface area contributed by atoms with Crippen molar-refractivity contribution in [3.8, 4) is 16.9 Å². The quantitative estimate of drug-likeness (QED) is 0.909. The molecular formula is C13H13F3N4O. The molecule has 0 spiro atoms. The second kappa shape index (κ2) is 5.47. The number of nitrogens with zero attached hydrogens (tertiary/aromatic N) is 2. The van der Waals surface area contributed by atoms with E-state index in [-0.39, 0.29) is 17.5 Å². The van der Waals surface area contributed by atoms with Gasteiger partial charge in [0.25, 0.3) is 0 Å². The van der Waals surface area contributed by atoms with E-state index in [1.165, 1.54) is 24.3 Å². The van der Waals surface area contributed by atoms with Crippen molar-refractivity contribution in [3.63, 3.8) is 0 Å². The van der Waals surface area contributed by atoms with E-state index < -0.39 is 6.36 Å². The van der Waals surface area contributed by atoms with E-state index >= 15 is 0 Å². The molecule has 0 radical (unpaired) electrons.